The van der Waals surface area contributed by atoms with Gasteiger partial charge in [0.1, 0.15) is 10.4 Å². The summed E-state index contributed by atoms with van der Waals surface area (Å²) >= 11 is -1.13. The molecule has 0 aliphatic rings. The van der Waals surface area contributed by atoms with Crippen molar-refractivity contribution >= 4 is 11.4 Å². The van der Waals surface area contributed by atoms with Crippen LogP contribution in [0.15, 0.2) is 40.9 Å². The largest absolute Gasteiger partial charge is 0.598 e. The highest BCUT2D eigenvalue weighted by Gasteiger charge is 2.29. The number of rotatable bonds is 4. The van der Waals surface area contributed by atoms with Gasteiger partial charge in [-0.05, 0) is 27.7 Å². The summed E-state index contributed by atoms with van der Waals surface area (Å²) in [7, 11) is 0. The van der Waals surface area contributed by atoms with E-state index >= 15 is 0 Å². The van der Waals surface area contributed by atoms with Crippen LogP contribution in [0, 0.1) is 0 Å². The predicted octanol–water partition coefficient (Wildman–Crippen LogP) is 3.45. The Morgan fingerprint density at radius 2 is 1.90 bits per heavy atom. The van der Waals surface area contributed by atoms with E-state index in [4.69, 9.17) is 4.52 Å². The van der Waals surface area contributed by atoms with E-state index in [-0.39, 0.29) is 10.8 Å². The quantitative estimate of drug-likeness (QED) is 0.877. The summed E-state index contributed by atoms with van der Waals surface area (Å²) in [4.78, 5) is 0. The molecule has 0 aliphatic carbocycles. The van der Waals surface area contributed by atoms with Crippen molar-refractivity contribution in [3.05, 3.63) is 42.1 Å². The molecule has 4 nitrogen and oxygen atoms in total. The topological polar surface area (TPSA) is 61.1 Å². The third kappa shape index (κ3) is 3.62. The average Bonchev–Trinajstić information content (AvgIpc) is 2.88. The highest BCUT2D eigenvalue weighted by Crippen LogP contribution is 2.24. The summed E-state index contributed by atoms with van der Waals surface area (Å²) < 4.78 is 20.2. The molecule has 2 aromatic rings. The standard InChI is InChI=1S/C15H20N2O2S/c1-11(17-20(18)15(2,3)4)13-10-14(19-16-13)12-8-6-5-7-9-12/h5-11,17H,1-4H3/t11-,20+/m0/s1. The number of hydrogen-bond donors (Lipinski definition) is 1. The van der Waals surface area contributed by atoms with Crippen LogP contribution in [0.25, 0.3) is 11.3 Å². The molecule has 0 radical (unpaired) electrons. The molecule has 2 atom stereocenters. The second kappa shape index (κ2) is 5.99. The first kappa shape index (κ1) is 15.1. The Kier molecular flexibility index (Phi) is 4.52. The molecule has 108 valence electrons. The van der Waals surface area contributed by atoms with Crippen molar-refractivity contribution < 1.29 is 9.08 Å². The van der Waals surface area contributed by atoms with E-state index in [9.17, 15) is 4.55 Å². The molecule has 5 heteroatoms. The maximum Gasteiger partial charge on any atom is 0.167 e. The average molecular weight is 292 g/mol. The molecule has 20 heavy (non-hydrogen) atoms. The Labute approximate surface area is 122 Å². The van der Waals surface area contributed by atoms with Gasteiger partial charge in [0.15, 0.2) is 5.76 Å². The van der Waals surface area contributed by atoms with Gasteiger partial charge >= 0.3 is 0 Å². The lowest BCUT2D eigenvalue weighted by molar-refractivity contribution is 0.415. The zero-order chi connectivity index (χ0) is 14.8. The Bertz CT molecular complexity index is 549. The van der Waals surface area contributed by atoms with Crippen LogP contribution in [-0.2, 0) is 11.4 Å². The monoisotopic (exact) mass is 292 g/mol. The molecule has 0 amide bonds. The molecule has 0 fully saturated rings. The smallest absolute Gasteiger partial charge is 0.167 e. The van der Waals surface area contributed by atoms with Crippen LogP contribution in [0.5, 0.6) is 0 Å². The second-order valence-corrected chi connectivity index (χ2v) is 7.70. The first-order valence-electron chi connectivity index (χ1n) is 6.58. The van der Waals surface area contributed by atoms with E-state index < -0.39 is 11.4 Å². The van der Waals surface area contributed by atoms with E-state index in [1.54, 1.807) is 0 Å². The fraction of sp³-hybridized carbons (Fsp3) is 0.400. The second-order valence-electron chi connectivity index (χ2n) is 5.70. The van der Waals surface area contributed by atoms with Crippen LogP contribution < -0.4 is 4.72 Å². The lowest BCUT2D eigenvalue weighted by Gasteiger charge is -2.25. The number of aromatic nitrogens is 1. The molecular formula is C15H20N2O2S. The third-order valence-electron chi connectivity index (χ3n) is 2.87. The summed E-state index contributed by atoms with van der Waals surface area (Å²) in [5.74, 6) is 0.718. The van der Waals surface area contributed by atoms with E-state index in [2.05, 4.69) is 9.88 Å². The SMILES string of the molecule is C[C@H](N[S@+]([O-])C(C)(C)C)c1cc(-c2ccccc2)on1. The highest BCUT2D eigenvalue weighted by atomic mass is 32.2. The molecule has 1 N–H and O–H groups in total. The van der Waals surface area contributed by atoms with Gasteiger partial charge in [-0.15, -0.1) is 4.72 Å². The van der Waals surface area contributed by atoms with Crippen molar-refractivity contribution in [1.29, 1.82) is 0 Å². The van der Waals surface area contributed by atoms with Crippen molar-refractivity contribution in [2.24, 2.45) is 0 Å². The minimum Gasteiger partial charge on any atom is -0.598 e. The number of nitrogens with one attached hydrogen (secondary N) is 1. The van der Waals surface area contributed by atoms with Crippen LogP contribution in [-0.4, -0.2) is 14.5 Å². The van der Waals surface area contributed by atoms with E-state index in [0.717, 1.165) is 17.0 Å². The van der Waals surface area contributed by atoms with Crippen molar-refractivity contribution in [2.45, 2.75) is 38.5 Å². The van der Waals surface area contributed by atoms with Gasteiger partial charge in [-0.25, -0.2) is 0 Å². The summed E-state index contributed by atoms with van der Waals surface area (Å²) in [6.07, 6.45) is 0. The van der Waals surface area contributed by atoms with Crippen molar-refractivity contribution in [1.82, 2.24) is 9.88 Å². The van der Waals surface area contributed by atoms with Crippen LogP contribution >= 0.6 is 0 Å². The van der Waals surface area contributed by atoms with Crippen LogP contribution in [0.4, 0.5) is 0 Å². The maximum atomic E-state index is 12.1. The van der Waals surface area contributed by atoms with Crippen molar-refractivity contribution in [3.63, 3.8) is 0 Å². The molecule has 0 bridgehead atoms. The van der Waals surface area contributed by atoms with Gasteiger partial charge in [0.05, 0.1) is 6.04 Å². The van der Waals surface area contributed by atoms with Gasteiger partial charge in [0.25, 0.3) is 0 Å². The zero-order valence-electron chi connectivity index (χ0n) is 12.2. The van der Waals surface area contributed by atoms with E-state index in [0.29, 0.717) is 0 Å². The highest BCUT2D eigenvalue weighted by molar-refractivity contribution is 7.90. The van der Waals surface area contributed by atoms with Crippen LogP contribution in [0.2, 0.25) is 0 Å². The minimum atomic E-state index is -1.13. The third-order valence-corrected chi connectivity index (χ3v) is 4.55. The molecule has 1 aromatic heterocycles. The molecule has 1 aromatic carbocycles. The lowest BCUT2D eigenvalue weighted by atomic mass is 10.1. The summed E-state index contributed by atoms with van der Waals surface area (Å²) in [5.41, 5.74) is 1.73. The predicted molar refractivity (Wildman–Crippen MR) is 81.4 cm³/mol. The molecular weight excluding hydrogens is 272 g/mol. The van der Waals surface area contributed by atoms with Crippen molar-refractivity contribution in [3.8, 4) is 11.3 Å². The Hall–Kier alpha value is -1.30. The molecule has 0 aliphatic heterocycles. The Morgan fingerprint density at radius 1 is 1.25 bits per heavy atom. The Morgan fingerprint density at radius 3 is 2.50 bits per heavy atom. The number of hydrogen-bond acceptors (Lipinski definition) is 4. The summed E-state index contributed by atoms with van der Waals surface area (Å²) in [6.45, 7) is 7.72. The lowest BCUT2D eigenvalue weighted by Crippen LogP contribution is -2.40. The molecule has 0 saturated heterocycles. The number of nitrogens with zero attached hydrogens (tertiary/aromatic N) is 1. The molecule has 2 rings (SSSR count). The fourth-order valence-electron chi connectivity index (χ4n) is 1.63. The summed E-state index contributed by atoms with van der Waals surface area (Å²) in [5, 5.41) is 4.06. The summed E-state index contributed by atoms with van der Waals surface area (Å²) in [6, 6.07) is 11.5. The van der Waals surface area contributed by atoms with Gasteiger partial charge in [-0.3, -0.25) is 0 Å². The van der Waals surface area contributed by atoms with E-state index in [1.165, 1.54) is 0 Å². The van der Waals surface area contributed by atoms with Gasteiger partial charge in [-0.1, -0.05) is 35.5 Å². The van der Waals surface area contributed by atoms with Crippen molar-refractivity contribution in [2.75, 3.05) is 0 Å². The molecule has 0 spiro atoms. The van der Waals surface area contributed by atoms with Gasteiger partial charge in [0.2, 0.25) is 0 Å². The van der Waals surface area contributed by atoms with Gasteiger partial charge < -0.3 is 9.08 Å². The Balaban J connectivity index is 2.09. The first-order valence-corrected chi connectivity index (χ1v) is 7.73. The fourth-order valence-corrected chi connectivity index (χ4v) is 2.42. The number of benzene rings is 1. The van der Waals surface area contributed by atoms with Gasteiger partial charge in [0, 0.05) is 23.0 Å². The van der Waals surface area contributed by atoms with E-state index in [1.807, 2.05) is 64.1 Å². The molecule has 0 unspecified atom stereocenters. The molecule has 0 saturated carbocycles. The van der Waals surface area contributed by atoms with Crippen LogP contribution in [0.1, 0.15) is 39.4 Å². The minimum absolute atomic E-state index is 0.128. The van der Waals surface area contributed by atoms with Crippen LogP contribution in [0.3, 0.4) is 0 Å². The molecule has 1 heterocycles. The first-order chi connectivity index (χ1) is 9.38. The van der Waals surface area contributed by atoms with Gasteiger partial charge in [-0.2, -0.15) is 0 Å². The zero-order valence-corrected chi connectivity index (χ0v) is 13.0. The normalized spacial score (nSPS) is 15.1. The maximum absolute atomic E-state index is 12.1.